The number of aryl methyl sites for hydroxylation is 1. The minimum absolute atomic E-state index is 0.207. The van der Waals surface area contributed by atoms with E-state index in [-0.39, 0.29) is 5.91 Å². The highest BCUT2D eigenvalue weighted by Crippen LogP contribution is 2.30. The van der Waals surface area contributed by atoms with Gasteiger partial charge in [0.1, 0.15) is 5.82 Å². The Hall–Kier alpha value is -2.38. The van der Waals surface area contributed by atoms with Gasteiger partial charge < -0.3 is 14.4 Å². The molecule has 5 rings (SSSR count). The lowest BCUT2D eigenvalue weighted by atomic mass is 10.2. The van der Waals surface area contributed by atoms with Crippen LogP contribution in [0.25, 0.3) is 10.1 Å². The number of hydrogen-bond acceptors (Lipinski definition) is 5. The predicted molar refractivity (Wildman–Crippen MR) is 123 cm³/mol. The molecule has 0 radical (unpaired) electrons. The Labute approximate surface area is 181 Å². The summed E-state index contributed by atoms with van der Waals surface area (Å²) in [5.41, 5.74) is 3.28. The molecule has 0 aliphatic carbocycles. The van der Waals surface area contributed by atoms with Crippen LogP contribution in [0.3, 0.4) is 0 Å². The van der Waals surface area contributed by atoms with E-state index in [1.165, 1.54) is 21.5 Å². The van der Waals surface area contributed by atoms with Gasteiger partial charge >= 0.3 is 0 Å². The van der Waals surface area contributed by atoms with Crippen LogP contribution in [0, 0.1) is 6.92 Å². The first-order chi connectivity index (χ1) is 14.6. The van der Waals surface area contributed by atoms with Gasteiger partial charge in [-0.3, -0.25) is 9.69 Å². The van der Waals surface area contributed by atoms with Gasteiger partial charge in [-0.15, -0.1) is 0 Å². The summed E-state index contributed by atoms with van der Waals surface area (Å²) < 4.78 is 8.14. The fourth-order valence-electron chi connectivity index (χ4n) is 4.74. The van der Waals surface area contributed by atoms with E-state index in [9.17, 15) is 4.79 Å². The van der Waals surface area contributed by atoms with Crippen LogP contribution in [0.1, 0.15) is 28.2 Å². The molecule has 6 nitrogen and oxygen atoms in total. The van der Waals surface area contributed by atoms with Gasteiger partial charge in [0, 0.05) is 69.6 Å². The van der Waals surface area contributed by atoms with Crippen molar-refractivity contribution in [3.05, 3.63) is 47.3 Å². The summed E-state index contributed by atoms with van der Waals surface area (Å²) in [4.78, 5) is 20.0. The van der Waals surface area contributed by atoms with Crippen molar-refractivity contribution in [2.24, 2.45) is 7.05 Å². The first-order valence-electron chi connectivity index (χ1n) is 10.9. The Morgan fingerprint density at radius 3 is 2.70 bits per heavy atom. The number of rotatable bonds is 4. The Balaban J connectivity index is 1.19. The van der Waals surface area contributed by atoms with Crippen molar-refractivity contribution >= 4 is 33.3 Å². The average Bonchev–Trinajstić information content (AvgIpc) is 3.27. The molecule has 1 aromatic carbocycles. The van der Waals surface area contributed by atoms with Crippen LogP contribution in [0.2, 0.25) is 0 Å². The zero-order valence-electron chi connectivity index (χ0n) is 17.8. The Morgan fingerprint density at radius 2 is 1.87 bits per heavy atom. The number of piperazine rings is 1. The molecule has 0 unspecified atom stereocenters. The number of hydrogen-bond donors (Lipinski definition) is 0. The van der Waals surface area contributed by atoms with E-state index in [0.29, 0.717) is 0 Å². The van der Waals surface area contributed by atoms with E-state index in [1.807, 2.05) is 0 Å². The molecule has 0 spiro atoms. The maximum atomic E-state index is 13.1. The van der Waals surface area contributed by atoms with Crippen LogP contribution < -0.4 is 4.90 Å². The molecule has 1 saturated heterocycles. The minimum Gasteiger partial charge on any atom is -0.353 e. The third kappa shape index (κ3) is 3.50. The van der Waals surface area contributed by atoms with Crippen molar-refractivity contribution in [2.75, 3.05) is 50.7 Å². The number of aromatic nitrogens is 2. The maximum absolute atomic E-state index is 13.1. The summed E-state index contributed by atoms with van der Waals surface area (Å²) in [6.07, 6.45) is 2.03. The third-order valence-electron chi connectivity index (χ3n) is 6.67. The quantitative estimate of drug-likeness (QED) is 0.647. The number of anilines is 1. The molecule has 0 bridgehead atoms. The van der Waals surface area contributed by atoms with Gasteiger partial charge in [0.05, 0.1) is 10.3 Å². The molecular weight excluding hydrogens is 394 g/mol. The molecule has 2 aromatic heterocycles. The van der Waals surface area contributed by atoms with E-state index in [4.69, 9.17) is 4.37 Å². The fourth-order valence-corrected chi connectivity index (χ4v) is 5.53. The zero-order chi connectivity index (χ0) is 20.7. The highest BCUT2D eigenvalue weighted by Gasteiger charge is 2.26. The number of benzene rings is 1. The smallest absolute Gasteiger partial charge is 0.255 e. The number of nitrogens with zero attached hydrogens (tertiary/aromatic N) is 5. The summed E-state index contributed by atoms with van der Waals surface area (Å²) in [5.74, 6) is 1.34. The van der Waals surface area contributed by atoms with Crippen LogP contribution in [0.5, 0.6) is 0 Å². The molecule has 0 N–H and O–H groups in total. The summed E-state index contributed by atoms with van der Waals surface area (Å²) in [6, 6.07) is 10.5. The topological polar surface area (TPSA) is 44.6 Å². The van der Waals surface area contributed by atoms with Gasteiger partial charge in [0.15, 0.2) is 0 Å². The lowest BCUT2D eigenvalue weighted by Crippen LogP contribution is -2.49. The van der Waals surface area contributed by atoms with Gasteiger partial charge in [0.25, 0.3) is 5.91 Å². The highest BCUT2D eigenvalue weighted by molar-refractivity contribution is 7.13. The molecule has 1 amide bonds. The fraction of sp³-hybridized carbons (Fsp3) is 0.478. The summed E-state index contributed by atoms with van der Waals surface area (Å²) in [7, 11) is 2.07. The van der Waals surface area contributed by atoms with E-state index in [1.54, 1.807) is 11.5 Å². The second-order valence-corrected chi connectivity index (χ2v) is 9.24. The second kappa shape index (κ2) is 8.04. The van der Waals surface area contributed by atoms with Crippen LogP contribution >= 0.6 is 11.5 Å². The van der Waals surface area contributed by atoms with Crippen LogP contribution in [-0.2, 0) is 13.5 Å². The van der Waals surface area contributed by atoms with Gasteiger partial charge in [-0.1, -0.05) is 12.1 Å². The minimum atomic E-state index is 0.207. The highest BCUT2D eigenvalue weighted by atomic mass is 32.1. The lowest BCUT2D eigenvalue weighted by molar-refractivity contribution is 0.0739. The molecule has 30 heavy (non-hydrogen) atoms. The number of carbonyl (C=O) groups excluding carboxylic acids is 1. The molecule has 158 valence electrons. The Bertz CT molecular complexity index is 1060. The van der Waals surface area contributed by atoms with E-state index in [0.717, 1.165) is 70.0 Å². The largest absolute Gasteiger partial charge is 0.353 e. The van der Waals surface area contributed by atoms with Gasteiger partial charge in [-0.25, -0.2) is 0 Å². The van der Waals surface area contributed by atoms with Gasteiger partial charge in [-0.05, 0) is 49.5 Å². The third-order valence-corrected chi connectivity index (χ3v) is 7.49. The SMILES string of the molecule is Cc1cc2c(n1C)CCCN(CCN1CCN(c3nsc4ccccc34)CC1)C2=O. The monoisotopic (exact) mass is 423 g/mol. The van der Waals surface area contributed by atoms with Gasteiger partial charge in [-0.2, -0.15) is 4.37 Å². The van der Waals surface area contributed by atoms with Crippen LogP contribution in [0.15, 0.2) is 30.3 Å². The van der Waals surface area contributed by atoms with Crippen LogP contribution in [0.4, 0.5) is 5.82 Å². The molecule has 4 heterocycles. The van der Waals surface area contributed by atoms with E-state index >= 15 is 0 Å². The zero-order valence-corrected chi connectivity index (χ0v) is 18.6. The molecule has 0 atom stereocenters. The molecule has 3 aromatic rings. The first-order valence-corrected chi connectivity index (χ1v) is 11.7. The lowest BCUT2D eigenvalue weighted by Gasteiger charge is -2.36. The number of amides is 1. The summed E-state index contributed by atoms with van der Waals surface area (Å²) in [5, 5.41) is 1.26. The van der Waals surface area contributed by atoms with Crippen molar-refractivity contribution in [2.45, 2.75) is 19.8 Å². The van der Waals surface area contributed by atoms with Crippen molar-refractivity contribution in [1.29, 1.82) is 0 Å². The van der Waals surface area contributed by atoms with Crippen molar-refractivity contribution < 1.29 is 4.79 Å². The van der Waals surface area contributed by atoms with Crippen molar-refractivity contribution in [3.63, 3.8) is 0 Å². The summed E-state index contributed by atoms with van der Waals surface area (Å²) >= 11 is 1.59. The number of fused-ring (bicyclic) bond motifs is 2. The second-order valence-electron chi connectivity index (χ2n) is 8.43. The van der Waals surface area contributed by atoms with Crippen molar-refractivity contribution in [1.82, 2.24) is 18.7 Å². The average molecular weight is 424 g/mol. The molecule has 0 saturated carbocycles. The first kappa shape index (κ1) is 19.6. The van der Waals surface area contributed by atoms with Gasteiger partial charge in [0.2, 0.25) is 0 Å². The molecular formula is C23H29N5OS. The molecule has 1 fully saturated rings. The van der Waals surface area contributed by atoms with E-state index in [2.05, 4.69) is 63.6 Å². The standard InChI is InChI=1S/C23H29N5OS/c1-17-16-19-20(25(17)2)7-5-9-28(23(19)29)15-12-26-10-13-27(14-11-26)22-18-6-3-4-8-21(18)30-24-22/h3-4,6,8,16H,5,7,9-15H2,1-2H3. The molecule has 2 aliphatic heterocycles. The number of carbonyl (C=O) groups is 1. The van der Waals surface area contributed by atoms with Crippen molar-refractivity contribution in [3.8, 4) is 0 Å². The Kier molecular flexibility index (Phi) is 5.25. The molecule has 7 heteroatoms. The Morgan fingerprint density at radius 1 is 1.07 bits per heavy atom. The normalized spacial score (nSPS) is 18.1. The predicted octanol–water partition coefficient (Wildman–Crippen LogP) is 3.15. The molecule has 2 aliphatic rings. The maximum Gasteiger partial charge on any atom is 0.255 e. The van der Waals surface area contributed by atoms with Crippen LogP contribution in [-0.4, -0.2) is 70.5 Å². The van der Waals surface area contributed by atoms with E-state index < -0.39 is 0 Å². The summed E-state index contributed by atoms with van der Waals surface area (Å²) in [6.45, 7) is 8.71.